The third-order valence-corrected chi connectivity index (χ3v) is 7.07. The Kier molecular flexibility index (Phi) is 6.45. The first kappa shape index (κ1) is 26.7. The summed E-state index contributed by atoms with van der Waals surface area (Å²) in [5.41, 5.74) is 3.18. The number of aryl methyl sites for hydroxylation is 1. The highest BCUT2D eigenvalue weighted by Crippen LogP contribution is 2.43. The van der Waals surface area contributed by atoms with Crippen molar-refractivity contribution in [3.63, 3.8) is 0 Å². The number of rotatable bonds is 5. The summed E-state index contributed by atoms with van der Waals surface area (Å²) in [5.74, 6) is -2.81. The molecule has 1 atom stereocenters. The van der Waals surface area contributed by atoms with Gasteiger partial charge in [-0.1, -0.05) is 56.7 Å². The number of ether oxygens (including phenoxy) is 1. The van der Waals surface area contributed by atoms with Crippen molar-refractivity contribution in [3.05, 3.63) is 94.1 Å². The van der Waals surface area contributed by atoms with Gasteiger partial charge in [0.15, 0.2) is 0 Å². The fourth-order valence-electron chi connectivity index (χ4n) is 4.95. The number of carboxylic acid groups (broad SMARTS) is 1. The number of aromatic carboxylic acids is 1. The number of carbonyl (C=O) groups excluding carboxylic acids is 2. The van der Waals surface area contributed by atoms with Gasteiger partial charge in [-0.2, -0.15) is 0 Å². The molecule has 1 fully saturated rings. The molecule has 0 aliphatic carbocycles. The van der Waals surface area contributed by atoms with Crippen molar-refractivity contribution in [3.8, 4) is 5.75 Å². The smallest absolute Gasteiger partial charge is 0.335 e. The summed E-state index contributed by atoms with van der Waals surface area (Å²) in [6, 6.07) is 16.0. The van der Waals surface area contributed by atoms with E-state index in [0.717, 1.165) is 11.1 Å². The van der Waals surface area contributed by atoms with Gasteiger partial charge in [-0.15, -0.1) is 0 Å². The molecule has 40 heavy (non-hydrogen) atoms. The minimum atomic E-state index is -1.11. The van der Waals surface area contributed by atoms with Gasteiger partial charge in [0.1, 0.15) is 11.5 Å². The molecule has 4 aromatic rings. The number of Topliss-reactive ketones (excluding diaryl/α,β-unsaturated/α-hetero) is 1. The average molecular weight is 540 g/mol. The quantitative estimate of drug-likeness (QED) is 0.173. The fourth-order valence-corrected chi connectivity index (χ4v) is 4.95. The van der Waals surface area contributed by atoms with Crippen LogP contribution >= 0.6 is 0 Å². The Hall–Kier alpha value is -4.92. The molecule has 1 saturated heterocycles. The minimum absolute atomic E-state index is 0.0470. The van der Waals surface area contributed by atoms with E-state index >= 15 is 0 Å². The molecule has 0 saturated carbocycles. The lowest BCUT2D eigenvalue weighted by Gasteiger charge is -2.24. The van der Waals surface area contributed by atoms with Crippen molar-refractivity contribution in [2.75, 3.05) is 12.0 Å². The van der Waals surface area contributed by atoms with E-state index in [1.165, 1.54) is 30.2 Å². The monoisotopic (exact) mass is 539 g/mol. The number of benzene rings is 3. The number of H-pyrrole nitrogens is 1. The standard InChI is InChI=1S/C31H29N3O6/c1-16-7-6-8-17(13-16)25-24(26(35)20-15-19(31(2,3)4)10-12-23(20)40-5)27(36)28(37)34(25)30-32-21-11-9-18(29(38)39)14-22(21)33-30/h6-15,25,35H,1-5H3,(H,32,33)(H,38,39)/b26-24+. The SMILES string of the molecule is COc1ccc(C(C)(C)C)cc1/C(O)=C1\C(=O)C(=O)N(c2nc3ccc(C(=O)O)cc3[nH]2)C1c1cccc(C)c1. The summed E-state index contributed by atoms with van der Waals surface area (Å²) in [6.07, 6.45) is 0. The Morgan fingerprint density at radius 3 is 2.42 bits per heavy atom. The molecule has 9 nitrogen and oxygen atoms in total. The Morgan fingerprint density at radius 1 is 1.02 bits per heavy atom. The number of imidazole rings is 1. The number of aliphatic hydroxyl groups is 1. The van der Waals surface area contributed by atoms with E-state index in [1.54, 1.807) is 18.2 Å². The normalized spacial score (nSPS) is 17.0. The minimum Gasteiger partial charge on any atom is -0.507 e. The van der Waals surface area contributed by atoms with Crippen LogP contribution in [0.25, 0.3) is 16.8 Å². The highest BCUT2D eigenvalue weighted by Gasteiger charge is 2.48. The number of carbonyl (C=O) groups is 3. The van der Waals surface area contributed by atoms with Gasteiger partial charge in [-0.05, 0) is 53.8 Å². The third-order valence-electron chi connectivity index (χ3n) is 7.07. The summed E-state index contributed by atoms with van der Waals surface area (Å²) >= 11 is 0. The molecule has 3 aromatic carbocycles. The van der Waals surface area contributed by atoms with Gasteiger partial charge in [0.05, 0.1) is 40.9 Å². The summed E-state index contributed by atoms with van der Waals surface area (Å²) in [7, 11) is 1.47. The highest BCUT2D eigenvalue weighted by atomic mass is 16.5. The van der Waals surface area contributed by atoms with Crippen LogP contribution in [0.3, 0.4) is 0 Å². The van der Waals surface area contributed by atoms with Gasteiger partial charge in [0.25, 0.3) is 5.78 Å². The molecule has 0 spiro atoms. The van der Waals surface area contributed by atoms with Crippen LogP contribution in [0.1, 0.15) is 59.4 Å². The van der Waals surface area contributed by atoms with E-state index in [-0.39, 0.29) is 28.3 Å². The first-order valence-corrected chi connectivity index (χ1v) is 12.7. The molecular weight excluding hydrogens is 510 g/mol. The lowest BCUT2D eigenvalue weighted by Crippen LogP contribution is -2.30. The van der Waals surface area contributed by atoms with Gasteiger partial charge in [0, 0.05) is 0 Å². The first-order valence-electron chi connectivity index (χ1n) is 12.7. The summed E-state index contributed by atoms with van der Waals surface area (Å²) in [4.78, 5) is 47.4. The van der Waals surface area contributed by atoms with Crippen LogP contribution in [0.15, 0.2) is 66.2 Å². The fraction of sp³-hybridized carbons (Fsp3) is 0.226. The molecule has 1 aromatic heterocycles. The van der Waals surface area contributed by atoms with Crippen LogP contribution in [0, 0.1) is 6.92 Å². The van der Waals surface area contributed by atoms with Gasteiger partial charge in [0.2, 0.25) is 5.95 Å². The Labute approximate surface area is 230 Å². The zero-order chi connectivity index (χ0) is 28.9. The number of nitrogens with one attached hydrogen (secondary N) is 1. The Balaban J connectivity index is 1.76. The molecule has 1 aliphatic rings. The summed E-state index contributed by atoms with van der Waals surface area (Å²) in [5, 5.41) is 21.1. The van der Waals surface area contributed by atoms with Crippen molar-refractivity contribution >= 4 is 40.4 Å². The molecule has 3 N–H and O–H groups in total. The molecule has 1 unspecified atom stereocenters. The maximum atomic E-state index is 13.6. The molecule has 0 bridgehead atoms. The lowest BCUT2D eigenvalue weighted by molar-refractivity contribution is -0.132. The van der Waals surface area contributed by atoms with E-state index in [2.05, 4.69) is 9.97 Å². The number of ketones is 1. The van der Waals surface area contributed by atoms with E-state index in [0.29, 0.717) is 27.9 Å². The second-order valence-corrected chi connectivity index (χ2v) is 10.8. The van der Waals surface area contributed by atoms with Crippen molar-refractivity contribution in [2.45, 2.75) is 39.2 Å². The van der Waals surface area contributed by atoms with Crippen molar-refractivity contribution in [1.29, 1.82) is 0 Å². The van der Waals surface area contributed by atoms with E-state index in [4.69, 9.17) is 4.74 Å². The Morgan fingerprint density at radius 2 is 1.77 bits per heavy atom. The van der Waals surface area contributed by atoms with Gasteiger partial charge < -0.3 is 19.9 Å². The third kappa shape index (κ3) is 4.49. The largest absolute Gasteiger partial charge is 0.507 e. The van der Waals surface area contributed by atoms with Gasteiger partial charge >= 0.3 is 11.9 Å². The van der Waals surface area contributed by atoms with Crippen LogP contribution < -0.4 is 9.64 Å². The predicted molar refractivity (Wildman–Crippen MR) is 151 cm³/mol. The maximum Gasteiger partial charge on any atom is 0.335 e. The maximum absolute atomic E-state index is 13.6. The number of hydrogen-bond donors (Lipinski definition) is 3. The van der Waals surface area contributed by atoms with Crippen molar-refractivity contribution in [1.82, 2.24) is 9.97 Å². The zero-order valence-corrected chi connectivity index (χ0v) is 22.8. The van der Waals surface area contributed by atoms with E-state index < -0.39 is 23.7 Å². The van der Waals surface area contributed by atoms with Crippen LogP contribution in [0.2, 0.25) is 0 Å². The number of carboxylic acids is 1. The predicted octanol–water partition coefficient (Wildman–Crippen LogP) is 5.50. The molecule has 9 heteroatoms. The van der Waals surface area contributed by atoms with Crippen LogP contribution in [-0.2, 0) is 15.0 Å². The number of aromatic amines is 1. The first-order chi connectivity index (χ1) is 18.9. The molecule has 1 amide bonds. The molecule has 1 aliphatic heterocycles. The number of hydrogen-bond acceptors (Lipinski definition) is 6. The van der Waals surface area contributed by atoms with Crippen LogP contribution in [-0.4, -0.2) is 45.0 Å². The van der Waals surface area contributed by atoms with Gasteiger partial charge in [-0.3, -0.25) is 14.5 Å². The number of methoxy groups -OCH3 is 1. The van der Waals surface area contributed by atoms with Crippen LogP contribution in [0.5, 0.6) is 5.75 Å². The molecular formula is C31H29N3O6. The molecule has 5 rings (SSSR count). The van der Waals surface area contributed by atoms with Gasteiger partial charge in [-0.25, -0.2) is 9.78 Å². The molecule has 2 heterocycles. The second kappa shape index (κ2) is 9.68. The summed E-state index contributed by atoms with van der Waals surface area (Å²) in [6.45, 7) is 7.98. The number of anilines is 1. The highest BCUT2D eigenvalue weighted by molar-refractivity contribution is 6.51. The topological polar surface area (TPSA) is 133 Å². The number of aromatic nitrogens is 2. The lowest BCUT2D eigenvalue weighted by atomic mass is 9.85. The molecule has 204 valence electrons. The number of nitrogens with zero attached hydrogens (tertiary/aromatic N) is 2. The van der Waals surface area contributed by atoms with E-state index in [9.17, 15) is 24.6 Å². The zero-order valence-electron chi connectivity index (χ0n) is 22.8. The molecule has 0 radical (unpaired) electrons. The van der Waals surface area contributed by atoms with E-state index in [1.807, 2.05) is 52.0 Å². The number of aliphatic hydroxyl groups excluding tert-OH is 1. The number of amides is 1. The van der Waals surface area contributed by atoms with Crippen LogP contribution in [0.4, 0.5) is 5.95 Å². The van der Waals surface area contributed by atoms with Crippen molar-refractivity contribution < 1.29 is 29.3 Å². The second-order valence-electron chi connectivity index (χ2n) is 10.8. The Bertz CT molecular complexity index is 1730. The summed E-state index contributed by atoms with van der Waals surface area (Å²) < 4.78 is 5.53. The number of fused-ring (bicyclic) bond motifs is 1. The van der Waals surface area contributed by atoms with Crippen molar-refractivity contribution in [2.24, 2.45) is 0 Å². The average Bonchev–Trinajstić information content (AvgIpc) is 3.44.